The maximum absolute atomic E-state index is 13.4. The van der Waals surface area contributed by atoms with Crippen LogP contribution in [0.15, 0.2) is 82.7 Å². The van der Waals surface area contributed by atoms with Crippen molar-refractivity contribution in [2.24, 2.45) is 0 Å². The lowest BCUT2D eigenvalue weighted by Gasteiger charge is -2.19. The second-order valence-electron chi connectivity index (χ2n) is 7.66. The molecule has 0 aliphatic heterocycles. The first-order valence-electron chi connectivity index (χ1n) is 10.6. The van der Waals surface area contributed by atoms with Crippen molar-refractivity contribution in [2.45, 2.75) is 37.6 Å². The van der Waals surface area contributed by atoms with E-state index in [4.69, 9.17) is 4.98 Å². The quantitative estimate of drug-likeness (QED) is 0.315. The zero-order valence-corrected chi connectivity index (χ0v) is 19.1. The minimum atomic E-state index is -0.406. The van der Waals surface area contributed by atoms with Gasteiger partial charge in [-0.25, -0.2) is 4.98 Å². The summed E-state index contributed by atoms with van der Waals surface area (Å²) >= 11 is 1.32. The number of nitrogens with zero attached hydrogens (tertiary/aromatic N) is 2. The number of hydrogen-bond donors (Lipinski definition) is 1. The first kappa shape index (κ1) is 21.8. The topological polar surface area (TPSA) is 64.0 Å². The molecule has 1 aromatic heterocycles. The molecule has 1 heterocycles. The van der Waals surface area contributed by atoms with E-state index in [0.29, 0.717) is 22.5 Å². The highest BCUT2D eigenvalue weighted by atomic mass is 32.2. The van der Waals surface area contributed by atoms with E-state index in [1.807, 2.05) is 87.5 Å². The van der Waals surface area contributed by atoms with Crippen molar-refractivity contribution in [1.29, 1.82) is 0 Å². The van der Waals surface area contributed by atoms with Crippen molar-refractivity contribution in [3.05, 3.63) is 94.3 Å². The van der Waals surface area contributed by atoms with Gasteiger partial charge in [-0.3, -0.25) is 14.2 Å². The molecule has 5 nitrogen and oxygen atoms in total. The lowest BCUT2D eigenvalue weighted by molar-refractivity contribution is -0.115. The van der Waals surface area contributed by atoms with Crippen molar-refractivity contribution in [2.75, 3.05) is 5.32 Å². The summed E-state index contributed by atoms with van der Waals surface area (Å²) in [4.78, 5) is 31.4. The summed E-state index contributed by atoms with van der Waals surface area (Å²) in [6, 6.07) is 22.7. The van der Waals surface area contributed by atoms with Gasteiger partial charge in [-0.2, -0.15) is 0 Å². The van der Waals surface area contributed by atoms with Gasteiger partial charge >= 0.3 is 0 Å². The SMILES string of the molecule is CCC(Sc1nc2ccccc2c(=O)n1-c1ccccc1)C(=O)Nc1c(C)cccc1C. The first-order chi connectivity index (χ1) is 15.5. The van der Waals surface area contributed by atoms with Crippen LogP contribution in [0.4, 0.5) is 5.69 Å². The molecular weight excluding hydrogens is 418 g/mol. The Morgan fingerprint density at radius 2 is 1.62 bits per heavy atom. The number of aryl methyl sites for hydroxylation is 2. The molecule has 32 heavy (non-hydrogen) atoms. The number of para-hydroxylation sites is 3. The van der Waals surface area contributed by atoms with Gasteiger partial charge in [0.2, 0.25) is 5.91 Å². The van der Waals surface area contributed by atoms with Crippen LogP contribution < -0.4 is 10.9 Å². The Morgan fingerprint density at radius 1 is 0.969 bits per heavy atom. The normalized spacial score (nSPS) is 12.0. The van der Waals surface area contributed by atoms with Gasteiger partial charge in [0.15, 0.2) is 5.16 Å². The lowest BCUT2D eigenvalue weighted by Crippen LogP contribution is -2.28. The summed E-state index contributed by atoms with van der Waals surface area (Å²) in [5.74, 6) is -0.100. The molecule has 3 aromatic carbocycles. The zero-order chi connectivity index (χ0) is 22.7. The van der Waals surface area contributed by atoms with E-state index in [1.54, 1.807) is 10.6 Å². The van der Waals surface area contributed by atoms with Gasteiger partial charge in [-0.1, -0.05) is 67.2 Å². The minimum absolute atomic E-state index is 0.100. The van der Waals surface area contributed by atoms with Crippen molar-refractivity contribution in [1.82, 2.24) is 9.55 Å². The maximum Gasteiger partial charge on any atom is 0.266 e. The van der Waals surface area contributed by atoms with E-state index >= 15 is 0 Å². The molecule has 0 saturated carbocycles. The van der Waals surface area contributed by atoms with Crippen LogP contribution in [-0.4, -0.2) is 20.7 Å². The molecule has 0 saturated heterocycles. The molecule has 1 amide bonds. The van der Waals surface area contributed by atoms with Gasteiger partial charge in [-0.15, -0.1) is 0 Å². The van der Waals surface area contributed by atoms with Gasteiger partial charge in [-0.05, 0) is 55.7 Å². The van der Waals surface area contributed by atoms with E-state index in [2.05, 4.69) is 5.32 Å². The second kappa shape index (κ2) is 9.40. The fourth-order valence-corrected chi connectivity index (χ4v) is 4.69. The Morgan fingerprint density at radius 3 is 2.31 bits per heavy atom. The molecular formula is C26H25N3O2S. The average molecular weight is 444 g/mol. The highest BCUT2D eigenvalue weighted by molar-refractivity contribution is 8.00. The van der Waals surface area contributed by atoms with Crippen LogP contribution in [0.2, 0.25) is 0 Å². The summed E-state index contributed by atoms with van der Waals surface area (Å²) in [6.07, 6.45) is 0.596. The Labute approximate surface area is 191 Å². The number of anilines is 1. The van der Waals surface area contributed by atoms with Crippen LogP contribution in [0.5, 0.6) is 0 Å². The number of thioether (sulfide) groups is 1. The van der Waals surface area contributed by atoms with E-state index in [-0.39, 0.29) is 11.5 Å². The molecule has 4 aromatic rings. The number of fused-ring (bicyclic) bond motifs is 1. The summed E-state index contributed by atoms with van der Waals surface area (Å²) in [6.45, 7) is 5.93. The Hall–Kier alpha value is -3.38. The van der Waals surface area contributed by atoms with E-state index in [0.717, 1.165) is 22.5 Å². The van der Waals surface area contributed by atoms with Crippen LogP contribution in [0.25, 0.3) is 16.6 Å². The molecule has 0 fully saturated rings. The number of amides is 1. The number of hydrogen-bond acceptors (Lipinski definition) is 4. The standard InChI is InChI=1S/C26H25N3O2S/c1-4-22(24(30)28-23-17(2)11-10-12-18(23)3)32-26-27-21-16-9-8-15-20(21)25(31)29(26)19-13-6-5-7-14-19/h5-16,22H,4H2,1-3H3,(H,28,30). The zero-order valence-electron chi connectivity index (χ0n) is 18.3. The predicted octanol–water partition coefficient (Wildman–Crippen LogP) is 5.51. The number of aromatic nitrogens is 2. The van der Waals surface area contributed by atoms with Crippen molar-refractivity contribution in [3.63, 3.8) is 0 Å². The molecule has 0 aliphatic carbocycles. The Bertz CT molecular complexity index is 1310. The molecule has 4 rings (SSSR count). The van der Waals surface area contributed by atoms with Crippen LogP contribution in [0, 0.1) is 13.8 Å². The summed E-state index contributed by atoms with van der Waals surface area (Å²) < 4.78 is 1.60. The number of rotatable bonds is 6. The van der Waals surface area contributed by atoms with Gasteiger partial charge in [0, 0.05) is 5.69 Å². The third kappa shape index (κ3) is 4.32. The molecule has 0 aliphatic rings. The second-order valence-corrected chi connectivity index (χ2v) is 8.83. The highest BCUT2D eigenvalue weighted by Gasteiger charge is 2.23. The van der Waals surface area contributed by atoms with Crippen molar-refractivity contribution in [3.8, 4) is 5.69 Å². The Balaban J connectivity index is 1.75. The molecule has 0 radical (unpaired) electrons. The smallest absolute Gasteiger partial charge is 0.266 e. The largest absolute Gasteiger partial charge is 0.325 e. The summed E-state index contributed by atoms with van der Waals surface area (Å²) in [7, 11) is 0. The molecule has 0 bridgehead atoms. The lowest BCUT2D eigenvalue weighted by atomic mass is 10.1. The van der Waals surface area contributed by atoms with Crippen LogP contribution in [0.3, 0.4) is 0 Å². The summed E-state index contributed by atoms with van der Waals surface area (Å²) in [5.41, 5.74) is 4.07. The molecule has 0 spiro atoms. The number of nitrogens with one attached hydrogen (secondary N) is 1. The van der Waals surface area contributed by atoms with E-state index in [9.17, 15) is 9.59 Å². The minimum Gasteiger partial charge on any atom is -0.325 e. The highest BCUT2D eigenvalue weighted by Crippen LogP contribution is 2.29. The molecule has 1 N–H and O–H groups in total. The van der Waals surface area contributed by atoms with Crippen LogP contribution in [-0.2, 0) is 4.79 Å². The van der Waals surface area contributed by atoms with Crippen LogP contribution >= 0.6 is 11.8 Å². The van der Waals surface area contributed by atoms with Gasteiger partial charge in [0.25, 0.3) is 5.56 Å². The molecule has 6 heteroatoms. The molecule has 162 valence electrons. The predicted molar refractivity (Wildman–Crippen MR) is 132 cm³/mol. The monoisotopic (exact) mass is 443 g/mol. The van der Waals surface area contributed by atoms with Crippen molar-refractivity contribution >= 4 is 34.3 Å². The maximum atomic E-state index is 13.4. The van der Waals surface area contributed by atoms with E-state index in [1.165, 1.54) is 11.8 Å². The first-order valence-corrected chi connectivity index (χ1v) is 11.5. The van der Waals surface area contributed by atoms with Crippen molar-refractivity contribution < 1.29 is 4.79 Å². The third-order valence-corrected chi connectivity index (χ3v) is 6.72. The fourth-order valence-electron chi connectivity index (χ4n) is 3.66. The molecule has 1 unspecified atom stereocenters. The molecule has 1 atom stereocenters. The van der Waals surface area contributed by atoms with Gasteiger partial charge < -0.3 is 5.32 Å². The summed E-state index contributed by atoms with van der Waals surface area (Å²) in [5, 5.41) is 3.73. The van der Waals surface area contributed by atoms with Gasteiger partial charge in [0.05, 0.1) is 21.8 Å². The third-order valence-electron chi connectivity index (χ3n) is 5.40. The number of carbonyl (C=O) groups excluding carboxylic acids is 1. The number of carbonyl (C=O) groups is 1. The van der Waals surface area contributed by atoms with E-state index < -0.39 is 5.25 Å². The van der Waals surface area contributed by atoms with Crippen LogP contribution in [0.1, 0.15) is 24.5 Å². The number of benzene rings is 3. The fraction of sp³-hybridized carbons (Fsp3) is 0.192. The van der Waals surface area contributed by atoms with Gasteiger partial charge in [0.1, 0.15) is 0 Å². The Kier molecular flexibility index (Phi) is 6.42. The average Bonchev–Trinajstić information content (AvgIpc) is 2.80.